The quantitative estimate of drug-likeness (QED) is 0.667. The molecule has 1 fully saturated rings. The lowest BCUT2D eigenvalue weighted by molar-refractivity contribution is -0.939. The third kappa shape index (κ3) is 4.37. The van der Waals surface area contributed by atoms with Crippen molar-refractivity contribution in [3.63, 3.8) is 0 Å². The van der Waals surface area contributed by atoms with Gasteiger partial charge in [-0.1, -0.05) is 36.3 Å². The Morgan fingerprint density at radius 2 is 1.70 bits per heavy atom. The molecule has 1 aliphatic rings. The summed E-state index contributed by atoms with van der Waals surface area (Å²) in [4.78, 5) is 6.12. The van der Waals surface area contributed by atoms with E-state index in [2.05, 4.69) is 53.5 Å². The molecule has 2 aromatic carbocycles. The molecular weight excluding hydrogens is 338 g/mol. The predicted molar refractivity (Wildman–Crippen MR) is 103 cm³/mol. The van der Waals surface area contributed by atoms with Crippen LogP contribution in [0.2, 0.25) is 0 Å². The molecule has 3 aromatic rings. The molecule has 1 atom stereocenters. The topological polar surface area (TPSA) is 52.6 Å². The van der Waals surface area contributed by atoms with Crippen molar-refractivity contribution in [3.8, 4) is 17.1 Å². The fraction of sp³-hybridized carbons (Fsp3) is 0.364. The van der Waals surface area contributed by atoms with Gasteiger partial charge in [-0.2, -0.15) is 4.98 Å². The number of benzene rings is 2. The molecule has 0 radical (unpaired) electrons. The second kappa shape index (κ2) is 7.92. The Balaban J connectivity index is 1.45. The molecule has 0 bridgehead atoms. The number of nitrogens with zero attached hydrogens (tertiary/aromatic N) is 2. The van der Waals surface area contributed by atoms with E-state index in [4.69, 9.17) is 9.26 Å². The maximum absolute atomic E-state index is 5.56. The number of rotatable bonds is 8. The van der Waals surface area contributed by atoms with E-state index < -0.39 is 0 Å². The zero-order valence-electron chi connectivity index (χ0n) is 15.9. The van der Waals surface area contributed by atoms with Crippen LogP contribution in [0, 0.1) is 0 Å². The lowest BCUT2D eigenvalue weighted by Gasteiger charge is -2.17. The van der Waals surface area contributed by atoms with E-state index in [0.717, 1.165) is 30.8 Å². The van der Waals surface area contributed by atoms with E-state index in [0.29, 0.717) is 17.8 Å². The fourth-order valence-electron chi connectivity index (χ4n) is 3.38. The van der Waals surface area contributed by atoms with Crippen LogP contribution < -0.4 is 9.64 Å². The zero-order chi connectivity index (χ0) is 18.6. The average molecular weight is 364 g/mol. The molecule has 0 spiro atoms. The van der Waals surface area contributed by atoms with Crippen LogP contribution >= 0.6 is 0 Å². The third-order valence-corrected chi connectivity index (χ3v) is 5.21. The van der Waals surface area contributed by atoms with Gasteiger partial charge in [-0.05, 0) is 36.2 Å². The molecule has 1 aromatic heterocycles. The van der Waals surface area contributed by atoms with Gasteiger partial charge in [-0.15, -0.1) is 0 Å². The van der Waals surface area contributed by atoms with E-state index in [1.165, 1.54) is 28.9 Å². The Bertz CT molecular complexity index is 867. The van der Waals surface area contributed by atoms with Gasteiger partial charge in [-0.25, -0.2) is 0 Å². The first-order chi connectivity index (χ1) is 13.2. The van der Waals surface area contributed by atoms with Crippen molar-refractivity contribution >= 4 is 0 Å². The maximum atomic E-state index is 5.56. The zero-order valence-corrected chi connectivity index (χ0v) is 15.9. The monoisotopic (exact) mass is 364 g/mol. The van der Waals surface area contributed by atoms with Crippen LogP contribution in [-0.2, 0) is 19.5 Å². The average Bonchev–Trinajstić information content (AvgIpc) is 3.47. The number of nitrogens with one attached hydrogen (secondary N) is 1. The molecule has 0 saturated heterocycles. The summed E-state index contributed by atoms with van der Waals surface area (Å²) >= 11 is 0. The molecule has 140 valence electrons. The Kier molecular flexibility index (Phi) is 5.21. The molecule has 27 heavy (non-hydrogen) atoms. The smallest absolute Gasteiger partial charge is 0.282 e. The van der Waals surface area contributed by atoms with Gasteiger partial charge in [0.2, 0.25) is 5.82 Å². The van der Waals surface area contributed by atoms with Gasteiger partial charge in [0.05, 0.1) is 13.2 Å². The minimum atomic E-state index is 0.673. The number of aryl methyl sites for hydroxylation is 1. The summed E-state index contributed by atoms with van der Waals surface area (Å²) in [5.41, 5.74) is 3.62. The highest BCUT2D eigenvalue weighted by atomic mass is 16.5. The Morgan fingerprint density at radius 1 is 1.00 bits per heavy atom. The van der Waals surface area contributed by atoms with E-state index in [-0.39, 0.29) is 0 Å². The van der Waals surface area contributed by atoms with Gasteiger partial charge in [0.15, 0.2) is 6.54 Å². The second-order valence-electron chi connectivity index (χ2n) is 7.20. The molecule has 1 saturated carbocycles. The molecule has 5 heteroatoms. The lowest BCUT2D eigenvalue weighted by atomic mass is 10.1. The molecule has 1 unspecified atom stereocenters. The van der Waals surface area contributed by atoms with Crippen molar-refractivity contribution in [2.45, 2.75) is 45.3 Å². The van der Waals surface area contributed by atoms with E-state index in [1.54, 1.807) is 7.11 Å². The minimum absolute atomic E-state index is 0.673. The van der Waals surface area contributed by atoms with Gasteiger partial charge in [0, 0.05) is 24.0 Å². The normalized spacial score (nSPS) is 14.9. The standard InChI is InChI=1S/C22H25N3O2/c1-3-16-4-8-18(9-5-16)22-23-21(27-24-22)15-25(19-10-11-19)14-17-6-12-20(26-2)13-7-17/h4-9,12-13,19H,3,10-11,14-15H2,1-2H3/p+1. The van der Waals surface area contributed by atoms with Crippen molar-refractivity contribution in [2.75, 3.05) is 7.11 Å². The third-order valence-electron chi connectivity index (χ3n) is 5.21. The van der Waals surface area contributed by atoms with Crippen LogP contribution in [0.15, 0.2) is 53.1 Å². The van der Waals surface area contributed by atoms with Gasteiger partial charge < -0.3 is 14.2 Å². The summed E-state index contributed by atoms with van der Waals surface area (Å²) in [6.07, 6.45) is 3.57. The largest absolute Gasteiger partial charge is 0.497 e. The number of ether oxygens (including phenoxy) is 1. The van der Waals surface area contributed by atoms with Crippen LogP contribution in [0.5, 0.6) is 5.75 Å². The summed E-state index contributed by atoms with van der Waals surface area (Å²) in [5.74, 6) is 2.27. The van der Waals surface area contributed by atoms with Crippen molar-refractivity contribution in [1.29, 1.82) is 0 Å². The fourth-order valence-corrected chi connectivity index (χ4v) is 3.38. The number of hydrogen-bond donors (Lipinski definition) is 1. The molecule has 5 nitrogen and oxygen atoms in total. The number of aromatic nitrogens is 2. The van der Waals surface area contributed by atoms with Crippen molar-refractivity contribution in [2.24, 2.45) is 0 Å². The van der Waals surface area contributed by atoms with Crippen molar-refractivity contribution < 1.29 is 14.2 Å². The second-order valence-corrected chi connectivity index (χ2v) is 7.20. The summed E-state index contributed by atoms with van der Waals surface area (Å²) in [6, 6.07) is 17.4. The first-order valence-corrected chi connectivity index (χ1v) is 9.64. The number of quaternary nitrogens is 1. The summed E-state index contributed by atoms with van der Waals surface area (Å²) in [6.45, 7) is 3.87. The van der Waals surface area contributed by atoms with Crippen LogP contribution in [0.3, 0.4) is 0 Å². The van der Waals surface area contributed by atoms with Gasteiger partial charge in [-0.3, -0.25) is 0 Å². The highest BCUT2D eigenvalue weighted by molar-refractivity contribution is 5.54. The Morgan fingerprint density at radius 3 is 2.33 bits per heavy atom. The molecule has 1 heterocycles. The molecule has 0 amide bonds. The highest BCUT2D eigenvalue weighted by Gasteiger charge is 2.34. The van der Waals surface area contributed by atoms with Crippen LogP contribution in [0.1, 0.15) is 36.8 Å². The van der Waals surface area contributed by atoms with Crippen LogP contribution in [-0.4, -0.2) is 23.3 Å². The summed E-state index contributed by atoms with van der Waals surface area (Å²) < 4.78 is 10.8. The summed E-state index contributed by atoms with van der Waals surface area (Å²) in [5, 5.41) is 4.19. The first-order valence-electron chi connectivity index (χ1n) is 9.64. The molecule has 4 rings (SSSR count). The molecular formula is C22H26N3O2+. The first kappa shape index (κ1) is 17.7. The predicted octanol–water partition coefficient (Wildman–Crippen LogP) is 3.06. The number of methoxy groups -OCH3 is 1. The Labute approximate surface area is 160 Å². The van der Waals surface area contributed by atoms with Crippen molar-refractivity contribution in [1.82, 2.24) is 10.1 Å². The maximum Gasteiger partial charge on any atom is 0.282 e. The molecule has 0 aliphatic heterocycles. The summed E-state index contributed by atoms with van der Waals surface area (Å²) in [7, 11) is 1.69. The van der Waals surface area contributed by atoms with Gasteiger partial charge in [0.1, 0.15) is 12.3 Å². The molecule has 1 N–H and O–H groups in total. The Hall–Kier alpha value is -2.66. The van der Waals surface area contributed by atoms with Crippen LogP contribution in [0.25, 0.3) is 11.4 Å². The van der Waals surface area contributed by atoms with Gasteiger partial charge in [0.25, 0.3) is 5.89 Å². The highest BCUT2D eigenvalue weighted by Crippen LogP contribution is 2.19. The SMILES string of the molecule is CCc1ccc(-c2noc(C[NH+](Cc3ccc(OC)cc3)C3CC3)n2)cc1. The van der Waals surface area contributed by atoms with Gasteiger partial charge >= 0.3 is 0 Å². The van der Waals surface area contributed by atoms with E-state index in [9.17, 15) is 0 Å². The van der Waals surface area contributed by atoms with E-state index >= 15 is 0 Å². The van der Waals surface area contributed by atoms with Crippen LogP contribution in [0.4, 0.5) is 0 Å². The van der Waals surface area contributed by atoms with E-state index in [1.807, 2.05) is 12.1 Å². The minimum Gasteiger partial charge on any atom is -0.497 e. The lowest BCUT2D eigenvalue weighted by Crippen LogP contribution is -3.10. The molecule has 1 aliphatic carbocycles. The van der Waals surface area contributed by atoms with Crippen molar-refractivity contribution in [3.05, 3.63) is 65.5 Å². The number of hydrogen-bond acceptors (Lipinski definition) is 4.